The molecule has 0 unspecified atom stereocenters. The Hall–Kier alpha value is -2.48. The Balaban J connectivity index is 1.77. The molecule has 2 heterocycles. The van der Waals surface area contributed by atoms with E-state index in [0.717, 1.165) is 17.0 Å². The van der Waals surface area contributed by atoms with Crippen LogP contribution in [0.15, 0.2) is 36.4 Å². The SMILES string of the molecule is Cc1cc(C)nc(N[C@H](Cc2ccccc2)C(=O)N[C@@H]2CCS(=O)(=O)C2)n1. The molecule has 0 spiro atoms. The number of carbonyl (C=O) groups is 1. The molecule has 1 aliphatic rings. The molecule has 1 fully saturated rings. The summed E-state index contributed by atoms with van der Waals surface area (Å²) in [5.41, 5.74) is 2.62. The summed E-state index contributed by atoms with van der Waals surface area (Å²) in [4.78, 5) is 21.6. The lowest BCUT2D eigenvalue weighted by Gasteiger charge is -2.21. The third-order valence-corrected chi connectivity index (χ3v) is 6.23. The number of sulfone groups is 1. The molecule has 1 aliphatic heterocycles. The molecule has 7 nitrogen and oxygen atoms in total. The maximum absolute atomic E-state index is 12.9. The first-order valence-corrected chi connectivity index (χ1v) is 10.8. The van der Waals surface area contributed by atoms with Crippen LogP contribution in [0.3, 0.4) is 0 Å². The van der Waals surface area contributed by atoms with Crippen molar-refractivity contribution >= 4 is 21.7 Å². The van der Waals surface area contributed by atoms with Gasteiger partial charge in [-0.25, -0.2) is 18.4 Å². The van der Waals surface area contributed by atoms with E-state index in [1.54, 1.807) is 0 Å². The first kappa shape index (κ1) is 19.3. The summed E-state index contributed by atoms with van der Waals surface area (Å²) in [6.45, 7) is 3.74. The average Bonchev–Trinajstić information content (AvgIpc) is 2.93. The van der Waals surface area contributed by atoms with E-state index in [2.05, 4.69) is 20.6 Å². The zero-order valence-electron chi connectivity index (χ0n) is 15.5. The van der Waals surface area contributed by atoms with E-state index in [-0.39, 0.29) is 23.5 Å². The van der Waals surface area contributed by atoms with Gasteiger partial charge in [-0.15, -0.1) is 0 Å². The molecule has 27 heavy (non-hydrogen) atoms. The van der Waals surface area contributed by atoms with Crippen molar-refractivity contribution in [1.82, 2.24) is 15.3 Å². The molecule has 0 saturated carbocycles. The van der Waals surface area contributed by atoms with Crippen LogP contribution in [-0.2, 0) is 21.1 Å². The van der Waals surface area contributed by atoms with Crippen LogP contribution >= 0.6 is 0 Å². The lowest BCUT2D eigenvalue weighted by Crippen LogP contribution is -2.46. The fourth-order valence-corrected chi connectivity index (χ4v) is 4.89. The highest BCUT2D eigenvalue weighted by Crippen LogP contribution is 2.14. The van der Waals surface area contributed by atoms with Crippen LogP contribution < -0.4 is 10.6 Å². The number of anilines is 1. The Morgan fingerprint density at radius 2 is 1.85 bits per heavy atom. The van der Waals surface area contributed by atoms with E-state index in [1.165, 1.54) is 0 Å². The quantitative estimate of drug-likeness (QED) is 0.776. The average molecular weight is 388 g/mol. The second-order valence-electron chi connectivity index (χ2n) is 6.97. The topological polar surface area (TPSA) is 101 Å². The number of aryl methyl sites for hydroxylation is 2. The van der Waals surface area contributed by atoms with Crippen molar-refractivity contribution in [3.8, 4) is 0 Å². The lowest BCUT2D eigenvalue weighted by atomic mass is 10.0. The smallest absolute Gasteiger partial charge is 0.243 e. The number of hydrogen-bond donors (Lipinski definition) is 2. The number of hydrogen-bond acceptors (Lipinski definition) is 6. The number of rotatable bonds is 6. The van der Waals surface area contributed by atoms with Gasteiger partial charge >= 0.3 is 0 Å². The molecule has 2 N–H and O–H groups in total. The number of benzene rings is 1. The fourth-order valence-electron chi connectivity index (χ4n) is 3.22. The molecule has 8 heteroatoms. The van der Waals surface area contributed by atoms with E-state index in [4.69, 9.17) is 0 Å². The molecule has 1 amide bonds. The van der Waals surface area contributed by atoms with Crippen molar-refractivity contribution in [1.29, 1.82) is 0 Å². The van der Waals surface area contributed by atoms with E-state index in [1.807, 2.05) is 50.2 Å². The molecule has 0 aliphatic carbocycles. The van der Waals surface area contributed by atoms with E-state index in [0.29, 0.717) is 18.8 Å². The summed E-state index contributed by atoms with van der Waals surface area (Å²) in [7, 11) is -3.06. The lowest BCUT2D eigenvalue weighted by molar-refractivity contribution is -0.122. The van der Waals surface area contributed by atoms with Gasteiger partial charge in [0.05, 0.1) is 11.5 Å². The van der Waals surface area contributed by atoms with Gasteiger partial charge in [0, 0.05) is 23.9 Å². The largest absolute Gasteiger partial charge is 0.351 e. The highest BCUT2D eigenvalue weighted by molar-refractivity contribution is 7.91. The van der Waals surface area contributed by atoms with E-state index >= 15 is 0 Å². The minimum atomic E-state index is -3.06. The Morgan fingerprint density at radius 1 is 1.19 bits per heavy atom. The summed E-state index contributed by atoms with van der Waals surface area (Å²) in [5, 5.41) is 5.99. The van der Waals surface area contributed by atoms with Gasteiger partial charge in [0.15, 0.2) is 9.84 Å². The molecule has 0 bridgehead atoms. The summed E-state index contributed by atoms with van der Waals surface area (Å²) >= 11 is 0. The third-order valence-electron chi connectivity index (χ3n) is 4.46. The van der Waals surface area contributed by atoms with Gasteiger partial charge in [-0.1, -0.05) is 30.3 Å². The first-order chi connectivity index (χ1) is 12.8. The number of carbonyl (C=O) groups excluding carboxylic acids is 1. The van der Waals surface area contributed by atoms with Gasteiger partial charge in [-0.05, 0) is 31.9 Å². The fraction of sp³-hybridized carbons (Fsp3) is 0.421. The Labute approximate surface area is 159 Å². The monoisotopic (exact) mass is 388 g/mol. The van der Waals surface area contributed by atoms with Crippen molar-refractivity contribution in [2.75, 3.05) is 16.8 Å². The summed E-state index contributed by atoms with van der Waals surface area (Å²) in [6, 6.07) is 10.6. The molecule has 144 valence electrons. The van der Waals surface area contributed by atoms with Crippen molar-refractivity contribution in [2.24, 2.45) is 0 Å². The maximum Gasteiger partial charge on any atom is 0.243 e. The second-order valence-corrected chi connectivity index (χ2v) is 9.20. The molecule has 3 rings (SSSR count). The Bertz CT molecular complexity index is 896. The normalized spacial score (nSPS) is 19.4. The van der Waals surface area contributed by atoms with Crippen molar-refractivity contribution in [3.63, 3.8) is 0 Å². The molecule has 2 aromatic rings. The van der Waals surface area contributed by atoms with Gasteiger partial charge in [0.1, 0.15) is 6.04 Å². The predicted octanol–water partition coefficient (Wildman–Crippen LogP) is 1.42. The van der Waals surface area contributed by atoms with E-state index in [9.17, 15) is 13.2 Å². The van der Waals surface area contributed by atoms with Crippen LogP contribution in [0.1, 0.15) is 23.4 Å². The highest BCUT2D eigenvalue weighted by Gasteiger charge is 2.31. The van der Waals surface area contributed by atoms with E-state index < -0.39 is 15.9 Å². The van der Waals surface area contributed by atoms with Crippen LogP contribution in [0, 0.1) is 13.8 Å². The molecule has 2 atom stereocenters. The summed E-state index contributed by atoms with van der Waals surface area (Å²) in [5.74, 6) is 0.262. The highest BCUT2D eigenvalue weighted by atomic mass is 32.2. The van der Waals surface area contributed by atoms with Gasteiger partial charge in [0.2, 0.25) is 11.9 Å². The van der Waals surface area contributed by atoms with Crippen LogP contribution in [0.25, 0.3) is 0 Å². The number of nitrogens with zero attached hydrogens (tertiary/aromatic N) is 2. The standard InChI is InChI=1S/C19H24N4O3S/c1-13-10-14(2)21-19(20-13)23-17(11-15-6-4-3-5-7-15)18(24)22-16-8-9-27(25,26)12-16/h3-7,10,16-17H,8-9,11-12H2,1-2H3,(H,22,24)(H,20,21,23)/t16-,17-/m1/s1. The number of amides is 1. The Kier molecular flexibility index (Phi) is 5.74. The van der Waals surface area contributed by atoms with Crippen molar-refractivity contribution in [3.05, 3.63) is 53.3 Å². The Morgan fingerprint density at radius 3 is 2.44 bits per heavy atom. The minimum Gasteiger partial charge on any atom is -0.351 e. The molecule has 1 aromatic heterocycles. The molecule has 1 saturated heterocycles. The van der Waals surface area contributed by atoms with Gasteiger partial charge in [-0.3, -0.25) is 4.79 Å². The first-order valence-electron chi connectivity index (χ1n) is 8.94. The van der Waals surface area contributed by atoms with Crippen LogP contribution in [-0.4, -0.2) is 47.9 Å². The van der Waals surface area contributed by atoms with Gasteiger partial charge in [-0.2, -0.15) is 0 Å². The molecule has 0 radical (unpaired) electrons. The van der Waals surface area contributed by atoms with Crippen LogP contribution in [0.4, 0.5) is 5.95 Å². The summed E-state index contributed by atoms with van der Waals surface area (Å²) < 4.78 is 23.3. The maximum atomic E-state index is 12.9. The zero-order chi connectivity index (χ0) is 19.4. The molecular formula is C19H24N4O3S. The van der Waals surface area contributed by atoms with Crippen LogP contribution in [0.2, 0.25) is 0 Å². The van der Waals surface area contributed by atoms with Crippen LogP contribution in [0.5, 0.6) is 0 Å². The minimum absolute atomic E-state index is 0.00312. The third kappa shape index (κ3) is 5.50. The molecule has 1 aromatic carbocycles. The van der Waals surface area contributed by atoms with Crippen molar-refractivity contribution < 1.29 is 13.2 Å². The predicted molar refractivity (Wildman–Crippen MR) is 104 cm³/mol. The second kappa shape index (κ2) is 8.04. The number of nitrogens with one attached hydrogen (secondary N) is 2. The van der Waals surface area contributed by atoms with Gasteiger partial charge in [0.25, 0.3) is 0 Å². The molecular weight excluding hydrogens is 364 g/mol. The number of aromatic nitrogens is 2. The zero-order valence-corrected chi connectivity index (χ0v) is 16.3. The van der Waals surface area contributed by atoms with Crippen molar-refractivity contribution in [2.45, 2.75) is 38.8 Å². The summed E-state index contributed by atoms with van der Waals surface area (Å²) in [6.07, 6.45) is 0.897. The van der Waals surface area contributed by atoms with Gasteiger partial charge < -0.3 is 10.6 Å².